The van der Waals surface area contributed by atoms with Crippen LogP contribution >= 0.6 is 11.6 Å². The van der Waals surface area contributed by atoms with Crippen LogP contribution in [-0.4, -0.2) is 42.4 Å². The second-order valence-electron chi connectivity index (χ2n) is 5.45. The number of carbonyl (C=O) groups excluding carboxylic acids is 1. The van der Waals surface area contributed by atoms with Crippen molar-refractivity contribution in [3.8, 4) is 0 Å². The number of quaternary nitrogens is 1. The Morgan fingerprint density at radius 2 is 1.58 bits per heavy atom. The molecular weight excluding hydrogens is 328 g/mol. The molecule has 2 rings (SSSR count). The molecule has 6 heteroatoms. The van der Waals surface area contributed by atoms with Crippen molar-refractivity contribution in [3.63, 3.8) is 0 Å². The molecule has 0 saturated carbocycles. The summed E-state index contributed by atoms with van der Waals surface area (Å²) in [6, 6.07) is 15.7. The van der Waals surface area contributed by atoms with E-state index < -0.39 is 6.04 Å². The van der Waals surface area contributed by atoms with E-state index in [9.17, 15) is 15.0 Å². The van der Waals surface area contributed by atoms with Gasteiger partial charge in [0.1, 0.15) is 13.1 Å². The van der Waals surface area contributed by atoms with E-state index in [0.29, 0.717) is 23.8 Å². The Morgan fingerprint density at radius 1 is 1.00 bits per heavy atom. The SMILES string of the molecule is O=C(Nc1ccc(Cl)cc1)[C@H](c1ccccc1)[NH+](CCO)CCO. The fourth-order valence-corrected chi connectivity index (χ4v) is 2.79. The van der Waals surface area contributed by atoms with Gasteiger partial charge in [-0.3, -0.25) is 4.79 Å². The third-order valence-corrected chi connectivity index (χ3v) is 4.03. The van der Waals surface area contributed by atoms with Gasteiger partial charge >= 0.3 is 0 Å². The predicted octanol–water partition coefficient (Wildman–Crippen LogP) is 0.889. The highest BCUT2D eigenvalue weighted by atomic mass is 35.5. The molecule has 0 aliphatic heterocycles. The fraction of sp³-hybridized carbons (Fsp3) is 0.278. The van der Waals surface area contributed by atoms with Crippen LogP contribution in [0.1, 0.15) is 11.6 Å². The summed E-state index contributed by atoms with van der Waals surface area (Å²) < 4.78 is 0. The first kappa shape index (κ1) is 18.4. The van der Waals surface area contributed by atoms with Crippen LogP contribution < -0.4 is 10.2 Å². The van der Waals surface area contributed by atoms with Crippen molar-refractivity contribution >= 4 is 23.2 Å². The summed E-state index contributed by atoms with van der Waals surface area (Å²) in [7, 11) is 0. The highest BCUT2D eigenvalue weighted by Gasteiger charge is 2.31. The third-order valence-electron chi connectivity index (χ3n) is 3.78. The molecule has 0 fully saturated rings. The molecule has 2 aromatic rings. The minimum atomic E-state index is -0.527. The Balaban J connectivity index is 2.26. The zero-order chi connectivity index (χ0) is 17.4. The van der Waals surface area contributed by atoms with Gasteiger partial charge in [-0.2, -0.15) is 0 Å². The number of aliphatic hydroxyl groups is 2. The van der Waals surface area contributed by atoms with Crippen molar-refractivity contribution in [1.82, 2.24) is 0 Å². The summed E-state index contributed by atoms with van der Waals surface area (Å²) in [4.78, 5) is 13.7. The Morgan fingerprint density at radius 3 is 2.12 bits per heavy atom. The van der Waals surface area contributed by atoms with Crippen LogP contribution in [0.15, 0.2) is 54.6 Å². The van der Waals surface area contributed by atoms with E-state index in [-0.39, 0.29) is 19.1 Å². The van der Waals surface area contributed by atoms with Crippen LogP contribution in [0, 0.1) is 0 Å². The zero-order valence-corrected chi connectivity index (χ0v) is 14.0. The second kappa shape index (κ2) is 9.39. The molecule has 1 atom stereocenters. The lowest BCUT2D eigenvalue weighted by Crippen LogP contribution is -3.14. The Labute approximate surface area is 146 Å². The lowest BCUT2D eigenvalue weighted by Gasteiger charge is -2.27. The number of benzene rings is 2. The molecule has 2 aromatic carbocycles. The van der Waals surface area contributed by atoms with E-state index in [1.807, 2.05) is 30.3 Å². The molecular formula is C18H22ClN2O3+. The number of carbonyl (C=O) groups is 1. The molecule has 0 aliphatic rings. The molecule has 0 bridgehead atoms. The van der Waals surface area contributed by atoms with Gasteiger partial charge in [-0.15, -0.1) is 0 Å². The number of amides is 1. The first-order chi connectivity index (χ1) is 11.7. The summed E-state index contributed by atoms with van der Waals surface area (Å²) >= 11 is 5.87. The van der Waals surface area contributed by atoms with Crippen molar-refractivity contribution in [2.45, 2.75) is 6.04 Å². The average molecular weight is 350 g/mol. The summed E-state index contributed by atoms with van der Waals surface area (Å²) in [6.07, 6.45) is 0. The Kier molecular flexibility index (Phi) is 7.21. The number of hydrogen-bond acceptors (Lipinski definition) is 3. The van der Waals surface area contributed by atoms with Gasteiger partial charge in [0, 0.05) is 16.3 Å². The summed E-state index contributed by atoms with van der Waals surface area (Å²) in [5.41, 5.74) is 1.48. The van der Waals surface area contributed by atoms with Gasteiger partial charge in [0.2, 0.25) is 0 Å². The molecule has 1 amide bonds. The molecule has 24 heavy (non-hydrogen) atoms. The minimum absolute atomic E-state index is 0.0626. The van der Waals surface area contributed by atoms with Gasteiger partial charge in [0.25, 0.3) is 5.91 Å². The standard InChI is InChI=1S/C18H21ClN2O3/c19-15-6-8-16(9-7-15)20-18(24)17(14-4-2-1-3-5-14)21(10-12-22)11-13-23/h1-9,17,22-23H,10-13H2,(H,20,24)/p+1/t17-/m0/s1. The van der Waals surface area contributed by atoms with E-state index in [2.05, 4.69) is 5.32 Å². The predicted molar refractivity (Wildman–Crippen MR) is 94.1 cm³/mol. The third kappa shape index (κ3) is 5.04. The average Bonchev–Trinajstić information content (AvgIpc) is 2.58. The summed E-state index contributed by atoms with van der Waals surface area (Å²) in [5.74, 6) is -0.194. The number of hydrogen-bond donors (Lipinski definition) is 4. The number of aliphatic hydroxyl groups excluding tert-OH is 2. The van der Waals surface area contributed by atoms with Gasteiger partial charge < -0.3 is 20.4 Å². The molecule has 0 heterocycles. The number of halogens is 1. The smallest absolute Gasteiger partial charge is 0.287 e. The molecule has 4 N–H and O–H groups in total. The maximum absolute atomic E-state index is 12.9. The molecule has 0 aliphatic carbocycles. The quantitative estimate of drug-likeness (QED) is 0.572. The van der Waals surface area contributed by atoms with Crippen molar-refractivity contribution in [2.24, 2.45) is 0 Å². The zero-order valence-electron chi connectivity index (χ0n) is 13.3. The number of nitrogens with one attached hydrogen (secondary N) is 2. The first-order valence-corrected chi connectivity index (χ1v) is 8.21. The monoisotopic (exact) mass is 349 g/mol. The lowest BCUT2D eigenvalue weighted by molar-refractivity contribution is -0.922. The maximum atomic E-state index is 12.9. The normalized spacial score (nSPS) is 12.2. The van der Waals surface area contributed by atoms with Crippen molar-refractivity contribution in [3.05, 3.63) is 65.2 Å². The Hall–Kier alpha value is -1.92. The molecule has 0 saturated heterocycles. The molecule has 0 radical (unpaired) electrons. The van der Waals surface area contributed by atoms with Gasteiger partial charge in [-0.25, -0.2) is 0 Å². The van der Waals surface area contributed by atoms with Crippen LogP contribution in [0.4, 0.5) is 5.69 Å². The molecule has 128 valence electrons. The van der Waals surface area contributed by atoms with Crippen molar-refractivity contribution in [2.75, 3.05) is 31.6 Å². The number of anilines is 1. The molecule has 0 aromatic heterocycles. The van der Waals surface area contributed by atoms with Crippen LogP contribution in [0.5, 0.6) is 0 Å². The van der Waals surface area contributed by atoms with Crippen LogP contribution in [-0.2, 0) is 4.79 Å². The van der Waals surface area contributed by atoms with Crippen LogP contribution in [0.3, 0.4) is 0 Å². The molecule has 0 unspecified atom stereocenters. The van der Waals surface area contributed by atoms with E-state index in [0.717, 1.165) is 10.5 Å². The van der Waals surface area contributed by atoms with Gasteiger partial charge in [-0.05, 0) is 24.3 Å². The summed E-state index contributed by atoms with van der Waals surface area (Å²) in [6.45, 7) is 0.613. The maximum Gasteiger partial charge on any atom is 0.287 e. The van der Waals surface area contributed by atoms with Crippen LogP contribution in [0.25, 0.3) is 0 Å². The van der Waals surface area contributed by atoms with Crippen molar-refractivity contribution in [1.29, 1.82) is 0 Å². The van der Waals surface area contributed by atoms with E-state index in [1.54, 1.807) is 24.3 Å². The highest BCUT2D eigenvalue weighted by molar-refractivity contribution is 6.30. The molecule has 0 spiro atoms. The fourth-order valence-electron chi connectivity index (χ4n) is 2.67. The summed E-state index contributed by atoms with van der Waals surface area (Å²) in [5, 5.41) is 22.1. The van der Waals surface area contributed by atoms with Gasteiger partial charge in [-0.1, -0.05) is 41.9 Å². The van der Waals surface area contributed by atoms with Crippen molar-refractivity contribution < 1.29 is 19.9 Å². The lowest BCUT2D eigenvalue weighted by atomic mass is 10.0. The molecule has 5 nitrogen and oxygen atoms in total. The van der Waals surface area contributed by atoms with E-state index >= 15 is 0 Å². The topological polar surface area (TPSA) is 74.0 Å². The first-order valence-electron chi connectivity index (χ1n) is 7.83. The van der Waals surface area contributed by atoms with E-state index in [1.165, 1.54) is 0 Å². The highest BCUT2D eigenvalue weighted by Crippen LogP contribution is 2.16. The largest absolute Gasteiger partial charge is 0.391 e. The second-order valence-corrected chi connectivity index (χ2v) is 5.88. The Bertz CT molecular complexity index is 628. The van der Waals surface area contributed by atoms with Crippen LogP contribution in [0.2, 0.25) is 5.02 Å². The van der Waals surface area contributed by atoms with Gasteiger partial charge in [0.05, 0.1) is 13.2 Å². The van der Waals surface area contributed by atoms with E-state index in [4.69, 9.17) is 11.6 Å². The number of rotatable bonds is 8. The van der Waals surface area contributed by atoms with Gasteiger partial charge in [0.15, 0.2) is 6.04 Å². The minimum Gasteiger partial charge on any atom is -0.391 e.